The number of nitrogens with zero attached hydrogens (tertiary/aromatic N) is 1. The van der Waals surface area contributed by atoms with Crippen molar-refractivity contribution < 1.29 is 9.53 Å². The van der Waals surface area contributed by atoms with Crippen molar-refractivity contribution in [1.29, 1.82) is 0 Å². The fourth-order valence-corrected chi connectivity index (χ4v) is 4.35. The molecule has 1 aliphatic heterocycles. The van der Waals surface area contributed by atoms with Gasteiger partial charge in [0.15, 0.2) is 0 Å². The molecule has 1 aliphatic carbocycles. The van der Waals surface area contributed by atoms with E-state index in [4.69, 9.17) is 15.5 Å². The van der Waals surface area contributed by atoms with E-state index in [-0.39, 0.29) is 11.9 Å². The summed E-state index contributed by atoms with van der Waals surface area (Å²) in [5.74, 6) is 0.186. The van der Waals surface area contributed by atoms with E-state index in [1.165, 1.54) is 5.56 Å². The molecule has 28 heavy (non-hydrogen) atoms. The number of carbonyl (C=O) groups is 1. The summed E-state index contributed by atoms with van der Waals surface area (Å²) in [6, 6.07) is 8.27. The molecule has 3 N–H and O–H groups in total. The lowest BCUT2D eigenvalue weighted by Crippen LogP contribution is -2.27. The van der Waals surface area contributed by atoms with Crippen molar-refractivity contribution in [3.8, 4) is 0 Å². The largest absolute Gasteiger partial charge is 0.463 e. The first kappa shape index (κ1) is 18.5. The standard InChI is InChI=1S/C23H27N3O2/c1-4-28-23(27)18-14(3)25-22-20(19(18)15-11-9-13(2)10-12-15)21(24)16-7-5-6-8-17(16)26-22/h9-12,19H,4-8H2,1-3H3,(H3,24,25,26). The Balaban J connectivity index is 1.95. The number of nitrogen functional groups attached to an aromatic ring is 1. The summed E-state index contributed by atoms with van der Waals surface area (Å²) in [7, 11) is 0. The van der Waals surface area contributed by atoms with Gasteiger partial charge in [-0.3, -0.25) is 0 Å². The number of anilines is 2. The second-order valence-corrected chi connectivity index (χ2v) is 7.65. The van der Waals surface area contributed by atoms with E-state index in [0.29, 0.717) is 12.2 Å². The first-order valence-corrected chi connectivity index (χ1v) is 10.0. The molecule has 0 bridgehead atoms. The highest BCUT2D eigenvalue weighted by Crippen LogP contribution is 2.46. The number of aromatic nitrogens is 1. The number of carbonyl (C=O) groups excluding carboxylic acids is 1. The molecule has 1 atom stereocenters. The fourth-order valence-electron chi connectivity index (χ4n) is 4.35. The number of hydrogen-bond donors (Lipinski definition) is 2. The van der Waals surface area contributed by atoms with Crippen LogP contribution in [0.2, 0.25) is 0 Å². The Hall–Kier alpha value is -2.82. The Morgan fingerprint density at radius 2 is 1.93 bits per heavy atom. The SMILES string of the molecule is CCOC(=O)C1=C(C)Nc2nc3c(c(N)c2C1c1ccc(C)cc1)CCCC3. The lowest BCUT2D eigenvalue weighted by atomic mass is 9.79. The Kier molecular flexibility index (Phi) is 4.84. The molecule has 2 heterocycles. The second-order valence-electron chi connectivity index (χ2n) is 7.65. The zero-order chi connectivity index (χ0) is 19.8. The third kappa shape index (κ3) is 3.05. The van der Waals surface area contributed by atoms with Crippen LogP contribution in [0.25, 0.3) is 0 Å². The van der Waals surface area contributed by atoms with Gasteiger partial charge in [-0.2, -0.15) is 0 Å². The number of ether oxygens (including phenoxy) is 1. The molecular formula is C23H27N3O2. The first-order valence-electron chi connectivity index (χ1n) is 10.0. The first-order chi connectivity index (χ1) is 13.5. The highest BCUT2D eigenvalue weighted by molar-refractivity contribution is 5.95. The molecule has 5 nitrogen and oxygen atoms in total. The molecule has 0 spiro atoms. The predicted octanol–water partition coefficient (Wildman–Crippen LogP) is 4.25. The Morgan fingerprint density at radius 1 is 1.21 bits per heavy atom. The van der Waals surface area contributed by atoms with E-state index >= 15 is 0 Å². The summed E-state index contributed by atoms with van der Waals surface area (Å²) in [6.07, 6.45) is 4.17. The number of rotatable bonds is 3. The lowest BCUT2D eigenvalue weighted by molar-refractivity contribution is -0.138. The van der Waals surface area contributed by atoms with Crippen molar-refractivity contribution in [1.82, 2.24) is 4.98 Å². The minimum Gasteiger partial charge on any atom is -0.463 e. The van der Waals surface area contributed by atoms with Crippen molar-refractivity contribution in [2.24, 2.45) is 0 Å². The Labute approximate surface area is 166 Å². The maximum atomic E-state index is 12.9. The molecule has 2 aromatic rings. The van der Waals surface area contributed by atoms with Gasteiger partial charge in [-0.15, -0.1) is 0 Å². The maximum Gasteiger partial charge on any atom is 0.336 e. The third-order valence-electron chi connectivity index (χ3n) is 5.75. The summed E-state index contributed by atoms with van der Waals surface area (Å²) in [5.41, 5.74) is 14.2. The van der Waals surface area contributed by atoms with Gasteiger partial charge in [0.05, 0.1) is 12.2 Å². The quantitative estimate of drug-likeness (QED) is 0.782. The van der Waals surface area contributed by atoms with Crippen molar-refractivity contribution >= 4 is 17.5 Å². The molecule has 4 rings (SSSR count). The van der Waals surface area contributed by atoms with Gasteiger partial charge in [-0.05, 0) is 57.6 Å². The van der Waals surface area contributed by atoms with Gasteiger partial charge in [0.2, 0.25) is 0 Å². The van der Waals surface area contributed by atoms with Crippen LogP contribution < -0.4 is 11.1 Å². The van der Waals surface area contributed by atoms with Crippen molar-refractivity contribution in [2.75, 3.05) is 17.7 Å². The summed E-state index contributed by atoms with van der Waals surface area (Å²) in [4.78, 5) is 17.8. The number of esters is 1. The van der Waals surface area contributed by atoms with Gasteiger partial charge in [0.25, 0.3) is 0 Å². The number of hydrogen-bond acceptors (Lipinski definition) is 5. The van der Waals surface area contributed by atoms with E-state index in [0.717, 1.165) is 65.3 Å². The maximum absolute atomic E-state index is 12.9. The molecule has 0 amide bonds. The molecule has 146 valence electrons. The average Bonchev–Trinajstić information content (AvgIpc) is 2.68. The fraction of sp³-hybridized carbons (Fsp3) is 0.391. The summed E-state index contributed by atoms with van der Waals surface area (Å²) >= 11 is 0. The number of aryl methyl sites for hydroxylation is 2. The van der Waals surface area contributed by atoms with Crippen LogP contribution >= 0.6 is 0 Å². The van der Waals surface area contributed by atoms with Crippen LogP contribution in [0.5, 0.6) is 0 Å². The number of allylic oxidation sites excluding steroid dienone is 1. The molecular weight excluding hydrogens is 350 g/mol. The van der Waals surface area contributed by atoms with Crippen LogP contribution in [0.4, 0.5) is 11.5 Å². The van der Waals surface area contributed by atoms with Crippen LogP contribution in [0.3, 0.4) is 0 Å². The predicted molar refractivity (Wildman–Crippen MR) is 111 cm³/mol. The Morgan fingerprint density at radius 3 is 2.64 bits per heavy atom. The normalized spacial score (nSPS) is 18.2. The van der Waals surface area contributed by atoms with E-state index < -0.39 is 0 Å². The van der Waals surface area contributed by atoms with Gasteiger partial charge in [0.1, 0.15) is 5.82 Å². The minimum absolute atomic E-state index is 0.282. The molecule has 0 saturated heterocycles. The minimum atomic E-state index is -0.305. The van der Waals surface area contributed by atoms with E-state index in [9.17, 15) is 4.79 Å². The number of pyridine rings is 1. The molecule has 1 unspecified atom stereocenters. The molecule has 0 saturated carbocycles. The van der Waals surface area contributed by atoms with Gasteiger partial charge in [0, 0.05) is 28.6 Å². The van der Waals surface area contributed by atoms with Crippen LogP contribution in [0.1, 0.15) is 60.6 Å². The smallest absolute Gasteiger partial charge is 0.336 e. The zero-order valence-corrected chi connectivity index (χ0v) is 16.8. The molecule has 1 aromatic heterocycles. The molecule has 1 aromatic carbocycles. The van der Waals surface area contributed by atoms with Gasteiger partial charge < -0.3 is 15.8 Å². The molecule has 5 heteroatoms. The van der Waals surface area contributed by atoms with E-state index in [1.807, 2.05) is 13.8 Å². The number of benzene rings is 1. The van der Waals surface area contributed by atoms with Crippen LogP contribution in [0.15, 0.2) is 35.5 Å². The number of nitrogens with one attached hydrogen (secondary N) is 1. The lowest BCUT2D eigenvalue weighted by Gasteiger charge is -2.33. The highest BCUT2D eigenvalue weighted by atomic mass is 16.5. The molecule has 2 aliphatic rings. The third-order valence-corrected chi connectivity index (χ3v) is 5.75. The second kappa shape index (κ2) is 7.30. The van der Waals surface area contributed by atoms with E-state index in [1.54, 1.807) is 0 Å². The summed E-state index contributed by atoms with van der Waals surface area (Å²) in [5, 5.41) is 3.34. The van der Waals surface area contributed by atoms with Crippen LogP contribution in [0, 0.1) is 6.92 Å². The van der Waals surface area contributed by atoms with Crippen LogP contribution in [-0.4, -0.2) is 17.6 Å². The van der Waals surface area contributed by atoms with Crippen molar-refractivity contribution in [2.45, 2.75) is 52.4 Å². The zero-order valence-electron chi connectivity index (χ0n) is 16.8. The summed E-state index contributed by atoms with van der Waals surface area (Å²) < 4.78 is 5.40. The molecule has 0 fully saturated rings. The highest BCUT2D eigenvalue weighted by Gasteiger charge is 2.37. The number of fused-ring (bicyclic) bond motifs is 2. The van der Waals surface area contributed by atoms with E-state index in [2.05, 4.69) is 36.5 Å². The van der Waals surface area contributed by atoms with Gasteiger partial charge in [-0.25, -0.2) is 9.78 Å². The van der Waals surface area contributed by atoms with Crippen molar-refractivity contribution in [3.05, 3.63) is 63.5 Å². The van der Waals surface area contributed by atoms with Gasteiger partial charge >= 0.3 is 5.97 Å². The van der Waals surface area contributed by atoms with Crippen LogP contribution in [-0.2, 0) is 22.4 Å². The van der Waals surface area contributed by atoms with Gasteiger partial charge in [-0.1, -0.05) is 29.8 Å². The summed E-state index contributed by atoms with van der Waals surface area (Å²) in [6.45, 7) is 6.12. The number of nitrogens with two attached hydrogens (primary N) is 1. The monoisotopic (exact) mass is 377 g/mol. The Bertz CT molecular complexity index is 961. The topological polar surface area (TPSA) is 77.2 Å². The molecule has 0 radical (unpaired) electrons. The average molecular weight is 377 g/mol. The van der Waals surface area contributed by atoms with Crippen molar-refractivity contribution in [3.63, 3.8) is 0 Å².